The van der Waals surface area contributed by atoms with E-state index in [4.69, 9.17) is 0 Å². The van der Waals surface area contributed by atoms with Gasteiger partial charge in [0.2, 0.25) is 0 Å². The Hall–Kier alpha value is -1.40. The van der Waals surface area contributed by atoms with Gasteiger partial charge in [-0.05, 0) is 63.2 Å². The molecule has 1 aromatic carbocycles. The summed E-state index contributed by atoms with van der Waals surface area (Å²) in [6.45, 7) is 8.78. The molecule has 0 atom stereocenters. The Morgan fingerprint density at radius 3 is 2.57 bits per heavy atom. The van der Waals surface area contributed by atoms with Gasteiger partial charge in [-0.25, -0.2) is 4.39 Å². The zero-order chi connectivity index (χ0) is 15.6. The largest absolute Gasteiger partial charge is 0.309 e. The average Bonchev–Trinajstić information content (AvgIpc) is 2.70. The van der Waals surface area contributed by atoms with Gasteiger partial charge in [0.1, 0.15) is 11.6 Å². The molecule has 0 saturated heterocycles. The van der Waals surface area contributed by atoms with Crippen LogP contribution < -0.4 is 5.32 Å². The summed E-state index contributed by atoms with van der Waals surface area (Å²) >= 11 is 1.50. The van der Waals surface area contributed by atoms with Gasteiger partial charge >= 0.3 is 0 Å². The number of nitrogens with zero attached hydrogens (tertiary/aromatic N) is 3. The first-order valence-corrected chi connectivity index (χ1v) is 7.65. The lowest BCUT2D eigenvalue weighted by Crippen LogP contribution is -2.35. The summed E-state index contributed by atoms with van der Waals surface area (Å²) in [6.07, 6.45) is 0. The van der Waals surface area contributed by atoms with Crippen LogP contribution in [0.4, 0.5) is 4.39 Å². The van der Waals surface area contributed by atoms with Gasteiger partial charge < -0.3 is 9.88 Å². The molecule has 0 aliphatic heterocycles. The van der Waals surface area contributed by atoms with Crippen molar-refractivity contribution >= 4 is 11.8 Å². The Morgan fingerprint density at radius 1 is 1.29 bits per heavy atom. The SMILES string of the molecule is Cc1nnc(Sc2ccc(F)cc2CNC(C)(C)C)n1C. The van der Waals surface area contributed by atoms with E-state index < -0.39 is 0 Å². The highest BCUT2D eigenvalue weighted by molar-refractivity contribution is 7.99. The van der Waals surface area contributed by atoms with Crippen molar-refractivity contribution in [3.05, 3.63) is 35.4 Å². The number of aromatic nitrogens is 3. The van der Waals surface area contributed by atoms with Crippen molar-refractivity contribution in [3.63, 3.8) is 0 Å². The van der Waals surface area contributed by atoms with Crippen LogP contribution in [0, 0.1) is 12.7 Å². The van der Waals surface area contributed by atoms with E-state index >= 15 is 0 Å². The van der Waals surface area contributed by atoms with Crippen molar-refractivity contribution in [3.8, 4) is 0 Å². The molecular weight excluding hydrogens is 287 g/mol. The van der Waals surface area contributed by atoms with Crippen LogP contribution in [0.3, 0.4) is 0 Å². The van der Waals surface area contributed by atoms with Gasteiger partial charge in [-0.3, -0.25) is 0 Å². The summed E-state index contributed by atoms with van der Waals surface area (Å²) in [5, 5.41) is 12.4. The molecule has 114 valence electrons. The van der Waals surface area contributed by atoms with E-state index in [2.05, 4.69) is 36.3 Å². The Morgan fingerprint density at radius 2 is 2.00 bits per heavy atom. The second-order valence-electron chi connectivity index (χ2n) is 6.05. The van der Waals surface area contributed by atoms with Crippen LogP contribution in [-0.4, -0.2) is 20.3 Å². The molecular formula is C15H21FN4S. The fourth-order valence-corrected chi connectivity index (χ4v) is 2.67. The van der Waals surface area contributed by atoms with Gasteiger partial charge in [-0.15, -0.1) is 10.2 Å². The topological polar surface area (TPSA) is 42.7 Å². The monoisotopic (exact) mass is 308 g/mol. The minimum Gasteiger partial charge on any atom is -0.309 e. The first-order chi connectivity index (χ1) is 9.76. The number of halogens is 1. The average molecular weight is 308 g/mol. The molecule has 4 nitrogen and oxygen atoms in total. The molecule has 0 spiro atoms. The number of hydrogen-bond acceptors (Lipinski definition) is 4. The Bertz CT molecular complexity index is 631. The van der Waals surface area contributed by atoms with Crippen LogP contribution in [-0.2, 0) is 13.6 Å². The third-order valence-electron chi connectivity index (χ3n) is 3.09. The molecule has 6 heteroatoms. The van der Waals surface area contributed by atoms with E-state index in [0.29, 0.717) is 6.54 Å². The fraction of sp³-hybridized carbons (Fsp3) is 0.467. The van der Waals surface area contributed by atoms with Gasteiger partial charge in [0.25, 0.3) is 0 Å². The van der Waals surface area contributed by atoms with E-state index in [-0.39, 0.29) is 11.4 Å². The first kappa shape index (κ1) is 16.0. The van der Waals surface area contributed by atoms with Crippen molar-refractivity contribution < 1.29 is 4.39 Å². The Balaban J connectivity index is 2.24. The van der Waals surface area contributed by atoms with Crippen LogP contribution in [0.2, 0.25) is 0 Å². The Labute approximate surface area is 129 Å². The summed E-state index contributed by atoms with van der Waals surface area (Å²) in [7, 11) is 1.92. The molecule has 0 aliphatic carbocycles. The third kappa shape index (κ3) is 4.28. The molecule has 1 aromatic heterocycles. The van der Waals surface area contributed by atoms with Crippen molar-refractivity contribution in [2.45, 2.75) is 49.8 Å². The third-order valence-corrected chi connectivity index (χ3v) is 4.24. The van der Waals surface area contributed by atoms with Gasteiger partial charge in [0.05, 0.1) is 0 Å². The standard InChI is InChI=1S/C15H21FN4S/c1-10-18-19-14(20(10)5)21-13-7-6-12(16)8-11(13)9-17-15(2,3)4/h6-8,17H,9H2,1-5H3. The Kier molecular flexibility index (Phi) is 4.68. The molecule has 0 aliphatic rings. The minimum atomic E-state index is -0.223. The summed E-state index contributed by atoms with van der Waals surface area (Å²) in [4.78, 5) is 0.989. The highest BCUT2D eigenvalue weighted by atomic mass is 32.2. The lowest BCUT2D eigenvalue weighted by molar-refractivity contribution is 0.422. The van der Waals surface area contributed by atoms with Crippen molar-refractivity contribution in [1.82, 2.24) is 20.1 Å². The van der Waals surface area contributed by atoms with Crippen molar-refractivity contribution in [2.24, 2.45) is 7.05 Å². The van der Waals surface area contributed by atoms with E-state index in [9.17, 15) is 4.39 Å². The van der Waals surface area contributed by atoms with E-state index in [1.807, 2.05) is 18.5 Å². The first-order valence-electron chi connectivity index (χ1n) is 6.83. The number of aryl methyl sites for hydroxylation is 1. The van der Waals surface area contributed by atoms with Crippen LogP contribution in [0.25, 0.3) is 0 Å². The second kappa shape index (κ2) is 6.15. The molecule has 2 aromatic rings. The highest BCUT2D eigenvalue weighted by Gasteiger charge is 2.14. The van der Waals surface area contributed by atoms with Crippen LogP contribution in [0.1, 0.15) is 32.2 Å². The summed E-state index contributed by atoms with van der Waals surface area (Å²) in [5.74, 6) is 0.633. The van der Waals surface area contributed by atoms with E-state index in [0.717, 1.165) is 21.4 Å². The molecule has 0 bridgehead atoms. The normalized spacial score (nSPS) is 11.9. The number of benzene rings is 1. The maximum absolute atomic E-state index is 13.5. The highest BCUT2D eigenvalue weighted by Crippen LogP contribution is 2.30. The van der Waals surface area contributed by atoms with E-state index in [1.54, 1.807) is 12.1 Å². The molecule has 1 N–H and O–H groups in total. The molecule has 2 rings (SSSR count). The fourth-order valence-electron chi connectivity index (χ4n) is 1.72. The molecule has 21 heavy (non-hydrogen) atoms. The zero-order valence-corrected chi connectivity index (χ0v) is 13.9. The van der Waals surface area contributed by atoms with Crippen molar-refractivity contribution in [1.29, 1.82) is 0 Å². The number of nitrogens with one attached hydrogen (secondary N) is 1. The summed E-state index contributed by atoms with van der Waals surface area (Å²) in [6, 6.07) is 4.85. The zero-order valence-electron chi connectivity index (χ0n) is 13.1. The lowest BCUT2D eigenvalue weighted by Gasteiger charge is -2.21. The van der Waals surface area contributed by atoms with Gasteiger partial charge in [0, 0.05) is 24.0 Å². The maximum atomic E-state index is 13.5. The predicted octanol–water partition coefficient (Wildman–Crippen LogP) is 3.30. The predicted molar refractivity (Wildman–Crippen MR) is 82.9 cm³/mol. The molecule has 0 unspecified atom stereocenters. The molecule has 0 saturated carbocycles. The second-order valence-corrected chi connectivity index (χ2v) is 7.06. The minimum absolute atomic E-state index is 0.0182. The maximum Gasteiger partial charge on any atom is 0.195 e. The van der Waals surface area contributed by atoms with Crippen LogP contribution in [0.15, 0.2) is 28.3 Å². The lowest BCUT2D eigenvalue weighted by atomic mass is 10.1. The smallest absolute Gasteiger partial charge is 0.195 e. The molecule has 0 amide bonds. The van der Waals surface area contributed by atoms with Crippen LogP contribution in [0.5, 0.6) is 0 Å². The van der Waals surface area contributed by atoms with Crippen molar-refractivity contribution in [2.75, 3.05) is 0 Å². The molecule has 0 fully saturated rings. The number of hydrogen-bond donors (Lipinski definition) is 1. The van der Waals surface area contributed by atoms with Gasteiger partial charge in [0.15, 0.2) is 5.16 Å². The van der Waals surface area contributed by atoms with Crippen LogP contribution >= 0.6 is 11.8 Å². The summed E-state index contributed by atoms with van der Waals surface area (Å²) < 4.78 is 15.4. The summed E-state index contributed by atoms with van der Waals surface area (Å²) in [5.41, 5.74) is 0.908. The quantitative estimate of drug-likeness (QED) is 0.941. The number of rotatable bonds is 4. The molecule has 1 heterocycles. The van der Waals surface area contributed by atoms with E-state index in [1.165, 1.54) is 17.8 Å². The van der Waals surface area contributed by atoms with Gasteiger partial charge in [-0.1, -0.05) is 0 Å². The molecule has 0 radical (unpaired) electrons. The van der Waals surface area contributed by atoms with Gasteiger partial charge in [-0.2, -0.15) is 0 Å².